The highest BCUT2D eigenvalue weighted by atomic mass is 35.5. The maximum absolute atomic E-state index is 11.6. The second kappa shape index (κ2) is 36.8. The third-order valence-electron chi connectivity index (χ3n) is 4.61. The number of anilines is 2. The van der Waals surface area contributed by atoms with Crippen LogP contribution in [0.4, 0.5) is 22.7 Å². The van der Waals surface area contributed by atoms with Gasteiger partial charge in [0.2, 0.25) is 5.24 Å². The summed E-state index contributed by atoms with van der Waals surface area (Å²) < 4.78 is 77.0. The molecule has 3 rings (SSSR count). The number of benzene rings is 2. The zero-order chi connectivity index (χ0) is 48.2. The van der Waals surface area contributed by atoms with Gasteiger partial charge in [-0.15, -0.1) is 46.4 Å². The molecule has 1 aliphatic heterocycles. The molecule has 0 radical (unpaired) electrons. The summed E-state index contributed by atoms with van der Waals surface area (Å²) in [6.07, 6.45) is 0. The Hall–Kier alpha value is -3.59. The number of alkyl halides is 4. The van der Waals surface area contributed by atoms with Gasteiger partial charge in [0.25, 0.3) is 17.3 Å². The molecule has 0 aromatic heterocycles. The smallest absolute Gasteiger partial charge is 0.331 e. The van der Waals surface area contributed by atoms with Crippen LogP contribution in [0.25, 0.3) is 0 Å². The van der Waals surface area contributed by atoms with E-state index < -0.39 is 66.5 Å². The van der Waals surface area contributed by atoms with Crippen molar-refractivity contribution in [3.05, 3.63) is 68.8 Å². The van der Waals surface area contributed by atoms with Crippen LogP contribution in [0.2, 0.25) is 0 Å². The van der Waals surface area contributed by atoms with Crippen LogP contribution in [-0.2, 0) is 42.9 Å². The number of carbonyl (C=O) groups is 4. The van der Waals surface area contributed by atoms with Crippen molar-refractivity contribution in [2.75, 3.05) is 101 Å². The van der Waals surface area contributed by atoms with Crippen molar-refractivity contribution in [3.63, 3.8) is 0 Å². The number of carbonyl (C=O) groups excluding carboxylic acids is 4. The average Bonchev–Trinajstić information content (AvgIpc) is 3.21. The molecular formula is C30H41Cl5N4O14. The van der Waals surface area contributed by atoms with E-state index in [0.29, 0.717) is 11.4 Å². The number of hydrogen-bond acceptors (Lipinski definition) is 15. The fraction of sp³-hybridized carbons (Fsp3) is 0.467. The molecule has 53 heavy (non-hydrogen) atoms. The van der Waals surface area contributed by atoms with Crippen LogP contribution in [0.15, 0.2) is 48.5 Å². The highest BCUT2D eigenvalue weighted by Crippen LogP contribution is 2.20. The van der Waals surface area contributed by atoms with E-state index in [2.05, 4.69) is 18.9 Å². The van der Waals surface area contributed by atoms with Crippen LogP contribution in [0, 0.1) is 20.2 Å². The van der Waals surface area contributed by atoms with Crippen LogP contribution < -0.4 is 10.6 Å². The van der Waals surface area contributed by atoms with Crippen LogP contribution >= 0.6 is 58.0 Å². The van der Waals surface area contributed by atoms with E-state index in [1.54, 1.807) is 0 Å². The first-order valence-corrected chi connectivity index (χ1v) is 16.2. The normalized spacial score (nSPS) is 15.0. The second-order valence-electron chi connectivity index (χ2n) is 8.10. The highest BCUT2D eigenvalue weighted by Gasteiger charge is 2.20. The van der Waals surface area contributed by atoms with Crippen molar-refractivity contribution >= 4 is 104 Å². The van der Waals surface area contributed by atoms with Crippen LogP contribution in [-0.4, -0.2) is 128 Å². The monoisotopic (exact) mass is 864 g/mol. The molecule has 0 spiro atoms. The number of nitrogens with zero attached hydrogens (tertiary/aromatic N) is 3. The zero-order valence-electron chi connectivity index (χ0n) is 35.8. The molecule has 2 aromatic carbocycles. The van der Waals surface area contributed by atoms with Crippen molar-refractivity contribution < 1.29 is 68.8 Å². The Morgan fingerprint density at radius 3 is 1.70 bits per heavy atom. The Kier molecular flexibility index (Phi) is 27.1. The Morgan fingerprint density at radius 1 is 0.887 bits per heavy atom. The van der Waals surface area contributed by atoms with E-state index in [1.807, 2.05) is 0 Å². The first-order valence-electron chi connectivity index (χ1n) is 17.7. The van der Waals surface area contributed by atoms with Gasteiger partial charge in [-0.3, -0.25) is 34.6 Å². The lowest BCUT2D eigenvalue weighted by Gasteiger charge is -2.26. The zero-order valence-corrected chi connectivity index (χ0v) is 31.6. The number of non-ortho nitro benzene ring substituents is 2. The number of methoxy groups -OCH3 is 2. The summed E-state index contributed by atoms with van der Waals surface area (Å²) >= 11 is 25.0. The summed E-state index contributed by atoms with van der Waals surface area (Å²) in [5.41, 5.74) is 6.23. The molecule has 1 heterocycles. The Labute approximate surface area is 341 Å². The molecule has 3 N–H and O–H groups in total. The second-order valence-corrected chi connectivity index (χ2v) is 9.59. The van der Waals surface area contributed by atoms with Gasteiger partial charge in [-0.1, -0.05) is 0 Å². The maximum atomic E-state index is 11.6. The molecule has 1 amide bonds. The number of nitro groups is 2. The first kappa shape index (κ1) is 39.1. The number of rotatable bonds is 13. The van der Waals surface area contributed by atoms with E-state index >= 15 is 0 Å². The van der Waals surface area contributed by atoms with Gasteiger partial charge < -0.3 is 39.4 Å². The number of hydrogen-bond donors (Lipinski definition) is 2. The van der Waals surface area contributed by atoms with Crippen molar-refractivity contribution in [1.82, 2.24) is 0 Å². The minimum absolute atomic E-state index is 0.0590. The van der Waals surface area contributed by atoms with Crippen LogP contribution in [0.5, 0.6) is 0 Å². The summed E-state index contributed by atoms with van der Waals surface area (Å²) in [6, 6.07) is 11.1. The van der Waals surface area contributed by atoms with E-state index in [4.69, 9.17) is 84.5 Å². The van der Waals surface area contributed by atoms with E-state index in [-0.39, 0.29) is 54.0 Å². The third kappa shape index (κ3) is 32.8. The summed E-state index contributed by atoms with van der Waals surface area (Å²) in [5.74, 6) is -2.46. The van der Waals surface area contributed by atoms with Crippen molar-refractivity contribution in [2.24, 2.45) is 0 Å². The maximum Gasteiger partial charge on any atom is 0.331 e. The summed E-state index contributed by atoms with van der Waals surface area (Å²) in [7, 11) is 2.49. The molecular weight excluding hydrogens is 818 g/mol. The number of aliphatic hydroxyl groups is 1. The van der Waals surface area contributed by atoms with Crippen molar-refractivity contribution in [3.8, 4) is 0 Å². The standard InChI is InChI=1S/C10H10N2O4.C6H6N2O2.C5H9ClO3.C4H6Cl2O2.C3H5ClO2.C2H5ClO/c13-10-7-16-6-5-11(10)8-1-3-9(4-2-8)12(14)15;7-5-1-3-6(4-2-5)8(9)10;1-8-5(7)4-9-3-2-6;5-1-2-8-3-4(6)7;1-6-3(5)2-4;3-1-2-4/h1-4H,5-7H2;1-4H,7H2;2-4H2,1H3;1-3H2;2H2,1H3;4H,1-2H2/i6D2;;3D2;2D2;;2D2. The van der Waals surface area contributed by atoms with E-state index in [0.717, 1.165) is 0 Å². The molecule has 1 saturated heterocycles. The van der Waals surface area contributed by atoms with Gasteiger partial charge in [-0.05, 0) is 35.9 Å². The molecule has 1 fully saturated rings. The molecule has 0 aliphatic carbocycles. The predicted octanol–water partition coefficient (Wildman–Crippen LogP) is 4.17. The van der Waals surface area contributed by atoms with Crippen molar-refractivity contribution in [2.45, 2.75) is 0 Å². The lowest BCUT2D eigenvalue weighted by Crippen LogP contribution is -2.41. The topological polar surface area (TPSA) is 250 Å². The number of amides is 1. The molecule has 18 nitrogen and oxygen atoms in total. The van der Waals surface area contributed by atoms with Crippen LogP contribution in [0.1, 0.15) is 11.0 Å². The quantitative estimate of drug-likeness (QED) is 0.0716. The average molecular weight is 867 g/mol. The third-order valence-corrected chi connectivity index (χ3v) is 5.28. The lowest BCUT2D eigenvalue weighted by molar-refractivity contribution is -0.385. The van der Waals surface area contributed by atoms with Crippen molar-refractivity contribution in [1.29, 1.82) is 0 Å². The summed E-state index contributed by atoms with van der Waals surface area (Å²) in [6.45, 7) is -9.48. The number of nitrogen functional groups attached to an aromatic ring is 1. The molecule has 0 bridgehead atoms. The van der Waals surface area contributed by atoms with Crippen LogP contribution in [0.3, 0.4) is 0 Å². The first-order chi connectivity index (χ1) is 27.9. The van der Waals surface area contributed by atoms with Gasteiger partial charge in [0.05, 0.1) is 61.3 Å². The summed E-state index contributed by atoms with van der Waals surface area (Å²) in [5, 5.41) is 27.9. The highest BCUT2D eigenvalue weighted by molar-refractivity contribution is 6.63. The lowest BCUT2D eigenvalue weighted by atomic mass is 10.2. The van der Waals surface area contributed by atoms with Gasteiger partial charge in [-0.2, -0.15) is 0 Å². The fourth-order valence-electron chi connectivity index (χ4n) is 2.38. The van der Waals surface area contributed by atoms with E-state index in [1.165, 1.54) is 67.7 Å². The minimum Gasteiger partial charge on any atom is -0.468 e. The Morgan fingerprint density at radius 2 is 1.34 bits per heavy atom. The Bertz CT molecular complexity index is 1650. The number of esters is 2. The molecule has 0 atom stereocenters. The van der Waals surface area contributed by atoms with Gasteiger partial charge in [0.15, 0.2) is 0 Å². The van der Waals surface area contributed by atoms with E-state index in [9.17, 15) is 39.4 Å². The fourth-order valence-corrected chi connectivity index (χ4v) is 2.70. The van der Waals surface area contributed by atoms with Gasteiger partial charge in [0.1, 0.15) is 25.7 Å². The number of morpholine rings is 1. The molecule has 300 valence electrons. The van der Waals surface area contributed by atoms with Gasteiger partial charge >= 0.3 is 11.9 Å². The number of nitrogens with two attached hydrogens (primary N) is 1. The SMILES string of the molecule is COC(=O)CCl.Nc1ccc([N+](=O)[O-])cc1.[2H]C([2H])(CCl)OCC(=O)Cl.[2H]C([2H])(CCl)OCC(=O)OC.[2H]C([2H])(O)CCl.[2H]C1([2H])CN(c2ccc([N+](=O)[O-])cc2)C(=O)CO1. The molecule has 23 heteroatoms. The van der Waals surface area contributed by atoms with Gasteiger partial charge in [-0.25, -0.2) is 4.79 Å². The predicted molar refractivity (Wildman–Crippen MR) is 200 cm³/mol. The number of ether oxygens (including phenoxy) is 5. The molecule has 2 aromatic rings. The molecule has 1 aliphatic rings. The Balaban J connectivity index is -0.000000694. The minimum atomic E-state index is -2.19. The van der Waals surface area contributed by atoms with Gasteiger partial charge in [0, 0.05) is 59.8 Å². The number of nitro benzene ring substituents is 2. The number of halogens is 5. The molecule has 0 unspecified atom stereocenters. The molecule has 0 saturated carbocycles. The largest absolute Gasteiger partial charge is 0.468 e. The summed E-state index contributed by atoms with van der Waals surface area (Å²) in [4.78, 5) is 62.7.